The summed E-state index contributed by atoms with van der Waals surface area (Å²) in [6.45, 7) is 3.98. The number of hydrogen-bond donors (Lipinski definition) is 1. The summed E-state index contributed by atoms with van der Waals surface area (Å²) in [5.41, 5.74) is 0.985. The van der Waals surface area contributed by atoms with Crippen molar-refractivity contribution >= 4 is 39.8 Å². The lowest BCUT2D eigenvalue weighted by Crippen LogP contribution is -2.40. The van der Waals surface area contributed by atoms with Gasteiger partial charge in [0.05, 0.1) is 5.75 Å². The molecule has 2 aromatic rings. The van der Waals surface area contributed by atoms with Crippen molar-refractivity contribution in [2.75, 3.05) is 24.2 Å². The number of hydrogen-bond acceptors (Lipinski definition) is 6. The van der Waals surface area contributed by atoms with Gasteiger partial charge in [-0.1, -0.05) is 48.2 Å². The van der Waals surface area contributed by atoms with Gasteiger partial charge in [-0.15, -0.1) is 10.2 Å². The molecule has 1 N–H and O–H groups in total. The molecule has 1 saturated heterocycles. The van der Waals surface area contributed by atoms with Crippen molar-refractivity contribution in [3.63, 3.8) is 0 Å². The summed E-state index contributed by atoms with van der Waals surface area (Å²) in [5, 5.41) is 12.2. The Morgan fingerprint density at radius 2 is 2.22 bits per heavy atom. The number of carbonyl (C=O) groups is 1. The number of likely N-dealkylation sites (tertiary alicyclic amines) is 1. The zero-order chi connectivity index (χ0) is 16.1. The maximum absolute atomic E-state index is 12.3. The predicted octanol–water partition coefficient (Wildman–Crippen LogP) is 3.63. The minimum Gasteiger partial charge on any atom is -0.342 e. The first-order valence-electron chi connectivity index (χ1n) is 7.77. The van der Waals surface area contributed by atoms with Crippen LogP contribution in [0.3, 0.4) is 0 Å². The van der Waals surface area contributed by atoms with Gasteiger partial charge in [0.2, 0.25) is 11.0 Å². The number of benzene rings is 1. The number of aromatic nitrogens is 2. The van der Waals surface area contributed by atoms with Gasteiger partial charge in [-0.05, 0) is 30.9 Å². The van der Waals surface area contributed by atoms with E-state index in [9.17, 15) is 4.79 Å². The average Bonchev–Trinajstić information content (AvgIpc) is 3.01. The molecule has 0 saturated carbocycles. The summed E-state index contributed by atoms with van der Waals surface area (Å²) >= 11 is 2.94. The minimum atomic E-state index is 0.203. The van der Waals surface area contributed by atoms with Gasteiger partial charge < -0.3 is 10.2 Å². The first kappa shape index (κ1) is 16.3. The highest BCUT2D eigenvalue weighted by atomic mass is 32.2. The van der Waals surface area contributed by atoms with Gasteiger partial charge in [0.15, 0.2) is 4.34 Å². The molecule has 1 aromatic carbocycles. The van der Waals surface area contributed by atoms with E-state index in [1.165, 1.54) is 29.5 Å². The molecule has 1 aromatic heterocycles. The molecular formula is C16H20N4OS2. The van der Waals surface area contributed by atoms with Crippen LogP contribution in [-0.4, -0.2) is 39.8 Å². The van der Waals surface area contributed by atoms with Crippen molar-refractivity contribution in [3.8, 4) is 0 Å². The zero-order valence-corrected chi connectivity index (χ0v) is 14.7. The maximum Gasteiger partial charge on any atom is 0.233 e. The number of amides is 1. The Morgan fingerprint density at radius 1 is 1.39 bits per heavy atom. The molecule has 122 valence electrons. The molecule has 1 fully saturated rings. The molecule has 1 aliphatic rings. The number of carbonyl (C=O) groups excluding carboxylic acids is 1. The zero-order valence-electron chi connectivity index (χ0n) is 13.1. The summed E-state index contributed by atoms with van der Waals surface area (Å²) in [6, 6.07) is 9.87. The summed E-state index contributed by atoms with van der Waals surface area (Å²) in [5.74, 6) is 1.25. The van der Waals surface area contributed by atoms with Crippen molar-refractivity contribution in [2.24, 2.45) is 5.92 Å². The predicted molar refractivity (Wildman–Crippen MR) is 95.3 cm³/mol. The molecule has 3 rings (SSSR count). The molecule has 2 heterocycles. The Kier molecular flexibility index (Phi) is 5.51. The molecular weight excluding hydrogens is 328 g/mol. The second-order valence-corrected chi connectivity index (χ2v) is 7.94. The maximum atomic E-state index is 12.3. The van der Waals surface area contributed by atoms with Crippen LogP contribution in [0.2, 0.25) is 0 Å². The number of para-hydroxylation sites is 1. The van der Waals surface area contributed by atoms with Gasteiger partial charge >= 0.3 is 0 Å². The molecule has 0 bridgehead atoms. The van der Waals surface area contributed by atoms with Crippen molar-refractivity contribution in [2.45, 2.75) is 24.1 Å². The first-order chi connectivity index (χ1) is 11.2. The van der Waals surface area contributed by atoms with Gasteiger partial charge in [-0.3, -0.25) is 4.79 Å². The highest BCUT2D eigenvalue weighted by molar-refractivity contribution is 8.01. The lowest BCUT2D eigenvalue weighted by atomic mass is 10.0. The van der Waals surface area contributed by atoms with Crippen LogP contribution in [0, 0.1) is 5.92 Å². The second-order valence-electron chi connectivity index (χ2n) is 5.74. The van der Waals surface area contributed by atoms with Crippen LogP contribution in [0.15, 0.2) is 34.7 Å². The van der Waals surface area contributed by atoms with Crippen LogP contribution in [0.25, 0.3) is 0 Å². The Bertz CT molecular complexity index is 647. The standard InChI is InChI=1S/C16H20N4OS2/c1-12-6-5-9-20(10-12)14(21)11-22-16-19-18-15(23-16)17-13-7-3-2-4-8-13/h2-4,7-8,12H,5-6,9-11H2,1H3,(H,17,18)/t12-/m1/s1. The molecule has 5 nitrogen and oxygen atoms in total. The fraction of sp³-hybridized carbons (Fsp3) is 0.438. The Morgan fingerprint density at radius 3 is 3.00 bits per heavy atom. The fourth-order valence-electron chi connectivity index (χ4n) is 2.59. The van der Waals surface area contributed by atoms with Crippen LogP contribution in [-0.2, 0) is 4.79 Å². The molecule has 7 heteroatoms. The summed E-state index contributed by atoms with van der Waals surface area (Å²) in [6.07, 6.45) is 2.34. The van der Waals surface area contributed by atoms with Crippen LogP contribution < -0.4 is 5.32 Å². The van der Waals surface area contributed by atoms with Crippen molar-refractivity contribution < 1.29 is 4.79 Å². The SMILES string of the molecule is C[C@@H]1CCCN(C(=O)CSc2nnc(Nc3ccccc3)s2)C1. The number of rotatable bonds is 5. The van der Waals surface area contributed by atoms with Crippen molar-refractivity contribution in [3.05, 3.63) is 30.3 Å². The lowest BCUT2D eigenvalue weighted by Gasteiger charge is -2.30. The topological polar surface area (TPSA) is 58.1 Å². The third-order valence-corrected chi connectivity index (χ3v) is 5.72. The smallest absolute Gasteiger partial charge is 0.233 e. The largest absolute Gasteiger partial charge is 0.342 e. The van der Waals surface area contributed by atoms with Crippen LogP contribution >= 0.6 is 23.1 Å². The van der Waals surface area contributed by atoms with Gasteiger partial charge in [0.1, 0.15) is 0 Å². The van der Waals surface area contributed by atoms with Crippen LogP contribution in [0.1, 0.15) is 19.8 Å². The summed E-state index contributed by atoms with van der Waals surface area (Å²) < 4.78 is 0.821. The molecule has 1 amide bonds. The first-order valence-corrected chi connectivity index (χ1v) is 9.57. The van der Waals surface area contributed by atoms with E-state index in [0.29, 0.717) is 11.7 Å². The number of nitrogens with zero attached hydrogens (tertiary/aromatic N) is 3. The molecule has 0 spiro atoms. The van der Waals surface area contributed by atoms with E-state index in [1.54, 1.807) is 0 Å². The van der Waals surface area contributed by atoms with E-state index in [-0.39, 0.29) is 5.91 Å². The minimum absolute atomic E-state index is 0.203. The van der Waals surface area contributed by atoms with E-state index in [4.69, 9.17) is 0 Å². The number of anilines is 2. The van der Waals surface area contributed by atoms with Crippen LogP contribution in [0.5, 0.6) is 0 Å². The molecule has 1 atom stereocenters. The molecule has 0 unspecified atom stereocenters. The Labute approximate surface area is 144 Å². The lowest BCUT2D eigenvalue weighted by molar-refractivity contribution is -0.130. The van der Waals surface area contributed by atoms with E-state index in [0.717, 1.165) is 34.7 Å². The van der Waals surface area contributed by atoms with E-state index in [2.05, 4.69) is 22.4 Å². The van der Waals surface area contributed by atoms with Gasteiger partial charge in [0.25, 0.3) is 0 Å². The fourth-order valence-corrected chi connectivity index (χ4v) is 4.27. The van der Waals surface area contributed by atoms with Crippen molar-refractivity contribution in [1.29, 1.82) is 0 Å². The van der Waals surface area contributed by atoms with E-state index < -0.39 is 0 Å². The highest BCUT2D eigenvalue weighted by Gasteiger charge is 2.21. The van der Waals surface area contributed by atoms with Crippen LogP contribution in [0.4, 0.5) is 10.8 Å². The van der Waals surface area contributed by atoms with Gasteiger partial charge in [0, 0.05) is 18.8 Å². The van der Waals surface area contributed by atoms with Crippen molar-refractivity contribution in [1.82, 2.24) is 15.1 Å². The molecule has 1 aliphatic heterocycles. The molecule has 0 aliphatic carbocycles. The quantitative estimate of drug-likeness (QED) is 0.836. The number of thioether (sulfide) groups is 1. The molecule has 23 heavy (non-hydrogen) atoms. The highest BCUT2D eigenvalue weighted by Crippen LogP contribution is 2.28. The third-order valence-electron chi connectivity index (χ3n) is 3.76. The van der Waals surface area contributed by atoms with Gasteiger partial charge in [-0.25, -0.2) is 0 Å². The van der Waals surface area contributed by atoms with E-state index >= 15 is 0 Å². The second kappa shape index (κ2) is 7.79. The average molecular weight is 348 g/mol. The number of piperidine rings is 1. The third kappa shape index (κ3) is 4.68. The summed E-state index contributed by atoms with van der Waals surface area (Å²) in [4.78, 5) is 14.2. The Hall–Kier alpha value is -1.60. The van der Waals surface area contributed by atoms with Gasteiger partial charge in [-0.2, -0.15) is 0 Å². The monoisotopic (exact) mass is 348 g/mol. The number of nitrogens with one attached hydrogen (secondary N) is 1. The normalized spacial score (nSPS) is 18.0. The Balaban J connectivity index is 1.50. The van der Waals surface area contributed by atoms with E-state index in [1.807, 2.05) is 35.2 Å². The summed E-state index contributed by atoms with van der Waals surface area (Å²) in [7, 11) is 0. The molecule has 0 radical (unpaired) electrons.